The van der Waals surface area contributed by atoms with E-state index in [1.165, 1.54) is 9.13 Å². The summed E-state index contributed by atoms with van der Waals surface area (Å²) in [6.07, 6.45) is 3.16. The van der Waals surface area contributed by atoms with Crippen LogP contribution < -0.4 is 11.2 Å². The van der Waals surface area contributed by atoms with Gasteiger partial charge < -0.3 is 4.57 Å². The zero-order valence-corrected chi connectivity index (χ0v) is 14.1. The van der Waals surface area contributed by atoms with E-state index in [9.17, 15) is 9.59 Å². The van der Waals surface area contributed by atoms with Crippen molar-refractivity contribution in [3.8, 4) is 5.69 Å². The van der Waals surface area contributed by atoms with Crippen LogP contribution in [-0.4, -0.2) is 18.7 Å². The van der Waals surface area contributed by atoms with Crippen molar-refractivity contribution in [2.24, 2.45) is 0 Å². The standard InChI is InChI=1S/C18H20N4O2/c1-5-10-20-17(23)15-16(19-11-21(15)12(2)3)22(18(20)24)14-9-7-6-8-13(14)4/h5-9,11-12H,1,10H2,2-4H3. The number of allylic oxidation sites excluding steroid dienone is 1. The van der Waals surface area contributed by atoms with Gasteiger partial charge in [0.2, 0.25) is 0 Å². The van der Waals surface area contributed by atoms with Crippen LogP contribution in [0.2, 0.25) is 0 Å². The molecule has 0 atom stereocenters. The Morgan fingerprint density at radius 3 is 2.58 bits per heavy atom. The van der Waals surface area contributed by atoms with Crippen LogP contribution in [0.15, 0.2) is 52.8 Å². The molecule has 0 N–H and O–H groups in total. The maximum absolute atomic E-state index is 13.0. The molecular weight excluding hydrogens is 304 g/mol. The fourth-order valence-corrected chi connectivity index (χ4v) is 2.86. The number of para-hydroxylation sites is 1. The Kier molecular flexibility index (Phi) is 3.97. The normalized spacial score (nSPS) is 11.3. The van der Waals surface area contributed by atoms with Gasteiger partial charge in [-0.1, -0.05) is 24.3 Å². The zero-order chi connectivity index (χ0) is 17.4. The third kappa shape index (κ3) is 2.31. The van der Waals surface area contributed by atoms with Crippen LogP contribution in [0.1, 0.15) is 25.5 Å². The summed E-state index contributed by atoms with van der Waals surface area (Å²) in [5.74, 6) is 0. The molecule has 0 bridgehead atoms. The fraction of sp³-hybridized carbons (Fsp3) is 0.278. The Morgan fingerprint density at radius 2 is 1.96 bits per heavy atom. The van der Waals surface area contributed by atoms with Crippen LogP contribution in [0.4, 0.5) is 0 Å². The van der Waals surface area contributed by atoms with Gasteiger partial charge in [-0.25, -0.2) is 14.3 Å². The molecule has 2 heterocycles. The van der Waals surface area contributed by atoms with Gasteiger partial charge in [0.15, 0.2) is 11.2 Å². The molecule has 0 aliphatic carbocycles. The maximum Gasteiger partial charge on any atom is 0.337 e. The molecule has 0 amide bonds. The van der Waals surface area contributed by atoms with Crippen molar-refractivity contribution in [3.63, 3.8) is 0 Å². The number of imidazole rings is 1. The second kappa shape index (κ2) is 5.96. The minimum atomic E-state index is -0.407. The summed E-state index contributed by atoms with van der Waals surface area (Å²) in [5, 5.41) is 0. The summed E-state index contributed by atoms with van der Waals surface area (Å²) < 4.78 is 4.50. The lowest BCUT2D eigenvalue weighted by Crippen LogP contribution is -2.40. The van der Waals surface area contributed by atoms with Gasteiger partial charge in [-0.05, 0) is 32.4 Å². The maximum atomic E-state index is 13.0. The third-order valence-electron chi connectivity index (χ3n) is 4.08. The van der Waals surface area contributed by atoms with Gasteiger partial charge in [0.05, 0.1) is 12.0 Å². The molecule has 24 heavy (non-hydrogen) atoms. The first-order valence-corrected chi connectivity index (χ1v) is 7.86. The Balaban J connectivity index is 2.54. The van der Waals surface area contributed by atoms with Crippen molar-refractivity contribution in [1.82, 2.24) is 18.7 Å². The molecule has 0 radical (unpaired) electrons. The first kappa shape index (κ1) is 16.0. The van der Waals surface area contributed by atoms with Crippen molar-refractivity contribution in [2.75, 3.05) is 0 Å². The van der Waals surface area contributed by atoms with E-state index in [4.69, 9.17) is 0 Å². The Labute approximate surface area is 139 Å². The number of aromatic nitrogens is 4. The molecule has 0 spiro atoms. The molecule has 2 aromatic heterocycles. The smallest absolute Gasteiger partial charge is 0.322 e. The molecule has 6 heteroatoms. The molecule has 3 rings (SSSR count). The number of benzene rings is 1. The summed E-state index contributed by atoms with van der Waals surface area (Å²) in [7, 11) is 0. The number of hydrogen-bond acceptors (Lipinski definition) is 3. The minimum Gasteiger partial charge on any atom is -0.322 e. The van der Waals surface area contributed by atoms with E-state index < -0.39 is 5.69 Å². The molecule has 0 fully saturated rings. The lowest BCUT2D eigenvalue weighted by atomic mass is 10.2. The molecular formula is C18H20N4O2. The number of rotatable bonds is 4. The molecule has 6 nitrogen and oxygen atoms in total. The second-order valence-electron chi connectivity index (χ2n) is 6.03. The van der Waals surface area contributed by atoms with E-state index in [-0.39, 0.29) is 18.1 Å². The van der Waals surface area contributed by atoms with Gasteiger partial charge in [-0.2, -0.15) is 0 Å². The van der Waals surface area contributed by atoms with Crippen molar-refractivity contribution >= 4 is 11.2 Å². The van der Waals surface area contributed by atoms with Crippen LogP contribution in [0.5, 0.6) is 0 Å². The van der Waals surface area contributed by atoms with Gasteiger partial charge in [0.1, 0.15) is 0 Å². The highest BCUT2D eigenvalue weighted by molar-refractivity contribution is 5.73. The van der Waals surface area contributed by atoms with Crippen LogP contribution in [-0.2, 0) is 6.54 Å². The Bertz CT molecular complexity index is 1040. The van der Waals surface area contributed by atoms with E-state index >= 15 is 0 Å². The predicted molar refractivity (Wildman–Crippen MR) is 94.9 cm³/mol. The van der Waals surface area contributed by atoms with Crippen LogP contribution in [0.3, 0.4) is 0 Å². The molecule has 1 aromatic carbocycles. The molecule has 124 valence electrons. The average Bonchev–Trinajstić information content (AvgIpc) is 2.98. The minimum absolute atomic E-state index is 0.0581. The van der Waals surface area contributed by atoms with Crippen molar-refractivity contribution in [1.29, 1.82) is 0 Å². The number of fused-ring (bicyclic) bond motifs is 1. The monoisotopic (exact) mass is 324 g/mol. The van der Waals surface area contributed by atoms with E-state index in [1.807, 2.05) is 45.0 Å². The van der Waals surface area contributed by atoms with Crippen molar-refractivity contribution in [2.45, 2.75) is 33.4 Å². The highest BCUT2D eigenvalue weighted by Crippen LogP contribution is 2.18. The van der Waals surface area contributed by atoms with Crippen LogP contribution >= 0.6 is 0 Å². The van der Waals surface area contributed by atoms with Gasteiger partial charge in [-0.15, -0.1) is 6.58 Å². The van der Waals surface area contributed by atoms with Crippen LogP contribution in [0.25, 0.3) is 16.9 Å². The van der Waals surface area contributed by atoms with Crippen molar-refractivity contribution < 1.29 is 0 Å². The Morgan fingerprint density at radius 1 is 1.25 bits per heavy atom. The summed E-state index contributed by atoms with van der Waals surface area (Å²) >= 11 is 0. The lowest BCUT2D eigenvalue weighted by molar-refractivity contribution is 0.609. The molecule has 3 aromatic rings. The highest BCUT2D eigenvalue weighted by atomic mass is 16.2. The number of aryl methyl sites for hydroxylation is 1. The Hall–Kier alpha value is -2.89. The van der Waals surface area contributed by atoms with Gasteiger partial charge >= 0.3 is 5.69 Å². The summed E-state index contributed by atoms with van der Waals surface area (Å²) in [4.78, 5) is 30.2. The first-order chi connectivity index (χ1) is 11.5. The highest BCUT2D eigenvalue weighted by Gasteiger charge is 2.20. The van der Waals surface area contributed by atoms with E-state index in [0.717, 1.165) is 11.3 Å². The lowest BCUT2D eigenvalue weighted by Gasteiger charge is -2.14. The molecule has 0 aliphatic heterocycles. The summed E-state index contributed by atoms with van der Waals surface area (Å²) in [5.41, 5.74) is 1.72. The first-order valence-electron chi connectivity index (χ1n) is 7.86. The average molecular weight is 324 g/mol. The molecule has 0 unspecified atom stereocenters. The quantitative estimate of drug-likeness (QED) is 0.693. The van der Waals surface area contributed by atoms with Crippen LogP contribution in [0, 0.1) is 6.92 Å². The van der Waals surface area contributed by atoms with E-state index in [0.29, 0.717) is 11.2 Å². The second-order valence-corrected chi connectivity index (χ2v) is 6.03. The molecule has 0 saturated carbocycles. The zero-order valence-electron chi connectivity index (χ0n) is 14.1. The fourth-order valence-electron chi connectivity index (χ4n) is 2.86. The number of hydrogen-bond donors (Lipinski definition) is 0. The SMILES string of the molecule is C=CCn1c(=O)c2c(ncn2C(C)C)n(-c2ccccc2C)c1=O. The summed E-state index contributed by atoms with van der Waals surface area (Å²) in [6.45, 7) is 9.68. The predicted octanol–water partition coefficient (Wildman–Crippen LogP) is 2.42. The molecule has 0 saturated heterocycles. The topological polar surface area (TPSA) is 61.8 Å². The summed E-state index contributed by atoms with van der Waals surface area (Å²) in [6, 6.07) is 7.61. The van der Waals surface area contributed by atoms with Gasteiger partial charge in [0, 0.05) is 12.6 Å². The van der Waals surface area contributed by atoms with Crippen molar-refractivity contribution in [3.05, 3.63) is 69.6 Å². The van der Waals surface area contributed by atoms with E-state index in [2.05, 4.69) is 11.6 Å². The van der Waals surface area contributed by atoms with E-state index in [1.54, 1.807) is 17.0 Å². The number of nitrogens with zero attached hydrogens (tertiary/aromatic N) is 4. The molecule has 0 aliphatic rings. The van der Waals surface area contributed by atoms with Gasteiger partial charge in [0.25, 0.3) is 5.56 Å². The third-order valence-corrected chi connectivity index (χ3v) is 4.08. The largest absolute Gasteiger partial charge is 0.337 e. The van der Waals surface area contributed by atoms with Gasteiger partial charge in [-0.3, -0.25) is 9.36 Å².